The van der Waals surface area contributed by atoms with Crippen molar-refractivity contribution in [1.29, 1.82) is 0 Å². The van der Waals surface area contributed by atoms with E-state index in [4.69, 9.17) is 13.9 Å². The van der Waals surface area contributed by atoms with Gasteiger partial charge in [0.2, 0.25) is 0 Å². The van der Waals surface area contributed by atoms with Gasteiger partial charge in [-0.3, -0.25) is 0 Å². The van der Waals surface area contributed by atoms with E-state index in [2.05, 4.69) is 40.4 Å². The monoisotopic (exact) mass is 314 g/mol. The van der Waals surface area contributed by atoms with Gasteiger partial charge in [0.05, 0.1) is 19.3 Å². The molecule has 1 saturated heterocycles. The van der Waals surface area contributed by atoms with E-state index in [1.807, 2.05) is 0 Å². The number of aldehydes is 1. The van der Waals surface area contributed by atoms with Crippen LogP contribution < -0.4 is 0 Å². The van der Waals surface area contributed by atoms with Crippen molar-refractivity contribution in [3.05, 3.63) is 12.7 Å². The van der Waals surface area contributed by atoms with Crippen LogP contribution in [0.1, 0.15) is 40.0 Å². The second-order valence-electron chi connectivity index (χ2n) is 7.21. The Kier molecular flexibility index (Phi) is 6.34. The molecule has 1 atom stereocenters. The van der Waals surface area contributed by atoms with Crippen LogP contribution in [0, 0.1) is 0 Å². The molecule has 4 nitrogen and oxygen atoms in total. The first kappa shape index (κ1) is 18.6. The largest absolute Gasteiger partial charge is 0.413 e. The second kappa shape index (κ2) is 7.18. The summed E-state index contributed by atoms with van der Waals surface area (Å²) >= 11 is 0. The maximum atomic E-state index is 11.0. The van der Waals surface area contributed by atoms with E-state index >= 15 is 0 Å². The highest BCUT2D eigenvalue weighted by Gasteiger charge is 2.43. The van der Waals surface area contributed by atoms with Gasteiger partial charge in [0, 0.05) is 19.3 Å². The molecular weight excluding hydrogens is 284 g/mol. The third-order valence-corrected chi connectivity index (χ3v) is 8.97. The van der Waals surface area contributed by atoms with Gasteiger partial charge in [-0.1, -0.05) is 26.8 Å². The normalized spacial score (nSPS) is 20.2. The van der Waals surface area contributed by atoms with E-state index in [0.29, 0.717) is 32.5 Å². The maximum Gasteiger partial charge on any atom is 0.192 e. The molecule has 0 aliphatic carbocycles. The minimum absolute atomic E-state index is 0.108. The molecule has 1 aliphatic heterocycles. The van der Waals surface area contributed by atoms with E-state index in [-0.39, 0.29) is 11.1 Å². The van der Waals surface area contributed by atoms with Crippen LogP contribution >= 0.6 is 0 Å². The Hall–Kier alpha value is -0.493. The lowest BCUT2D eigenvalue weighted by Gasteiger charge is -2.40. The molecule has 0 N–H and O–H groups in total. The zero-order chi connectivity index (χ0) is 16.1. The smallest absolute Gasteiger partial charge is 0.192 e. The van der Waals surface area contributed by atoms with Crippen molar-refractivity contribution in [1.82, 2.24) is 0 Å². The van der Waals surface area contributed by atoms with Gasteiger partial charge in [-0.2, -0.15) is 0 Å². The zero-order valence-corrected chi connectivity index (χ0v) is 15.1. The summed E-state index contributed by atoms with van der Waals surface area (Å²) in [4.78, 5) is 11.0. The molecule has 0 spiro atoms. The molecule has 5 heteroatoms. The predicted octanol–water partition coefficient (Wildman–Crippen LogP) is 3.68. The van der Waals surface area contributed by atoms with Crippen molar-refractivity contribution < 1.29 is 18.7 Å². The van der Waals surface area contributed by atoms with Gasteiger partial charge in [0.25, 0.3) is 0 Å². The van der Waals surface area contributed by atoms with Crippen LogP contribution in [0.25, 0.3) is 0 Å². The Labute approximate surface area is 130 Å². The Bertz CT molecular complexity index is 354. The SMILES string of the molecule is C=CCC1(C[C@H](CC=O)O[Si](C)(C)C(C)(C)C)OCCO1. The van der Waals surface area contributed by atoms with Crippen LogP contribution in [0.4, 0.5) is 0 Å². The van der Waals surface area contributed by atoms with Crippen LogP contribution in [-0.2, 0) is 18.7 Å². The van der Waals surface area contributed by atoms with E-state index in [1.54, 1.807) is 6.08 Å². The summed E-state index contributed by atoms with van der Waals surface area (Å²) in [5.41, 5.74) is 0. The van der Waals surface area contributed by atoms with Crippen molar-refractivity contribution in [2.75, 3.05) is 13.2 Å². The van der Waals surface area contributed by atoms with Crippen molar-refractivity contribution in [3.63, 3.8) is 0 Å². The highest BCUT2D eigenvalue weighted by molar-refractivity contribution is 6.74. The summed E-state index contributed by atoms with van der Waals surface area (Å²) in [6.07, 6.45) is 4.12. The molecule has 0 bridgehead atoms. The average molecular weight is 314 g/mol. The molecule has 0 radical (unpaired) electrons. The minimum Gasteiger partial charge on any atom is -0.413 e. The molecule has 0 aromatic heterocycles. The van der Waals surface area contributed by atoms with Gasteiger partial charge >= 0.3 is 0 Å². The summed E-state index contributed by atoms with van der Waals surface area (Å²) in [7, 11) is -1.93. The van der Waals surface area contributed by atoms with E-state index in [1.165, 1.54) is 0 Å². The average Bonchev–Trinajstić information content (AvgIpc) is 2.76. The Balaban J connectivity index is 2.81. The molecule has 1 fully saturated rings. The molecule has 0 aromatic rings. The Morgan fingerprint density at radius 2 is 1.90 bits per heavy atom. The van der Waals surface area contributed by atoms with Crippen molar-refractivity contribution in [2.24, 2.45) is 0 Å². The molecular formula is C16H30O4Si. The summed E-state index contributed by atoms with van der Waals surface area (Å²) < 4.78 is 18.0. The minimum atomic E-state index is -1.93. The highest BCUT2D eigenvalue weighted by Crippen LogP contribution is 2.39. The summed E-state index contributed by atoms with van der Waals surface area (Å²) in [5.74, 6) is -0.669. The lowest BCUT2D eigenvalue weighted by molar-refractivity contribution is -0.173. The van der Waals surface area contributed by atoms with Crippen molar-refractivity contribution in [2.45, 2.75) is 70.1 Å². The summed E-state index contributed by atoms with van der Waals surface area (Å²) in [5, 5.41) is 0.108. The number of carbonyl (C=O) groups excluding carboxylic acids is 1. The topological polar surface area (TPSA) is 44.8 Å². The first-order chi connectivity index (χ1) is 9.66. The van der Waals surface area contributed by atoms with Crippen LogP contribution in [-0.4, -0.2) is 39.7 Å². The van der Waals surface area contributed by atoms with Gasteiger partial charge in [-0.25, -0.2) is 0 Å². The fraction of sp³-hybridized carbons (Fsp3) is 0.812. The number of ether oxygens (including phenoxy) is 2. The second-order valence-corrected chi connectivity index (χ2v) is 12.0. The van der Waals surface area contributed by atoms with Gasteiger partial charge in [-0.05, 0) is 18.1 Å². The number of hydrogen-bond donors (Lipinski definition) is 0. The maximum absolute atomic E-state index is 11.0. The number of hydrogen-bond acceptors (Lipinski definition) is 4. The lowest BCUT2D eigenvalue weighted by Crippen LogP contribution is -2.46. The molecule has 1 aliphatic rings. The first-order valence-corrected chi connectivity index (χ1v) is 10.6. The molecule has 1 heterocycles. The van der Waals surface area contributed by atoms with Crippen molar-refractivity contribution in [3.8, 4) is 0 Å². The molecule has 122 valence electrons. The zero-order valence-electron chi connectivity index (χ0n) is 14.1. The standard InChI is InChI=1S/C16H30O4Si/c1-7-9-16(18-11-12-19-16)13-14(8-10-17)20-21(5,6)15(2,3)4/h7,10,14H,1,8-9,11-13H2,2-6H3/t14-/m0/s1. The Morgan fingerprint density at radius 3 is 2.33 bits per heavy atom. The van der Waals surface area contributed by atoms with E-state index in [0.717, 1.165) is 6.29 Å². The molecule has 0 aromatic carbocycles. The van der Waals surface area contributed by atoms with E-state index in [9.17, 15) is 4.79 Å². The van der Waals surface area contributed by atoms with Gasteiger partial charge < -0.3 is 18.7 Å². The Morgan fingerprint density at radius 1 is 1.33 bits per heavy atom. The number of carbonyl (C=O) groups is 1. The van der Waals surface area contributed by atoms with Crippen LogP contribution in [0.5, 0.6) is 0 Å². The van der Waals surface area contributed by atoms with Gasteiger partial charge in [0.15, 0.2) is 14.1 Å². The summed E-state index contributed by atoms with van der Waals surface area (Å²) in [6.45, 7) is 15.9. The fourth-order valence-electron chi connectivity index (χ4n) is 2.26. The lowest BCUT2D eigenvalue weighted by atomic mass is 10.0. The molecule has 0 amide bonds. The van der Waals surface area contributed by atoms with Crippen LogP contribution in [0.15, 0.2) is 12.7 Å². The fourth-order valence-corrected chi connectivity index (χ4v) is 3.62. The third-order valence-electron chi connectivity index (χ3n) is 4.43. The molecule has 0 saturated carbocycles. The van der Waals surface area contributed by atoms with Crippen LogP contribution in [0.2, 0.25) is 18.1 Å². The molecule has 0 unspecified atom stereocenters. The van der Waals surface area contributed by atoms with E-state index < -0.39 is 14.1 Å². The highest BCUT2D eigenvalue weighted by atomic mass is 28.4. The molecule has 21 heavy (non-hydrogen) atoms. The molecule has 1 rings (SSSR count). The van der Waals surface area contributed by atoms with Gasteiger partial charge in [0.1, 0.15) is 6.29 Å². The predicted molar refractivity (Wildman–Crippen MR) is 86.8 cm³/mol. The summed E-state index contributed by atoms with van der Waals surface area (Å²) in [6, 6.07) is 0. The third kappa shape index (κ3) is 5.02. The first-order valence-electron chi connectivity index (χ1n) is 7.66. The van der Waals surface area contributed by atoms with Crippen LogP contribution in [0.3, 0.4) is 0 Å². The van der Waals surface area contributed by atoms with Gasteiger partial charge in [-0.15, -0.1) is 6.58 Å². The quantitative estimate of drug-likeness (QED) is 0.389. The van der Waals surface area contributed by atoms with Crippen molar-refractivity contribution >= 4 is 14.6 Å². The number of rotatable bonds is 8.